The van der Waals surface area contributed by atoms with E-state index in [2.05, 4.69) is 34.2 Å². The van der Waals surface area contributed by atoms with Crippen LogP contribution in [-0.4, -0.2) is 80.6 Å². The molecule has 5 N–H and O–H groups in total. The normalized spacial score (nSPS) is 21.7. The summed E-state index contributed by atoms with van der Waals surface area (Å²) in [6.07, 6.45) is 9.31. The van der Waals surface area contributed by atoms with Crippen molar-refractivity contribution in [2.75, 3.05) is 56.8 Å². The summed E-state index contributed by atoms with van der Waals surface area (Å²) in [6.45, 7) is 6.72. The number of nitrogens with zero attached hydrogens (tertiary/aromatic N) is 3. The van der Waals surface area contributed by atoms with Gasteiger partial charge < -0.3 is 25.8 Å². The molecule has 2 atom stereocenters. The zero-order valence-corrected chi connectivity index (χ0v) is 23.4. The molecule has 200 valence electrons. The van der Waals surface area contributed by atoms with Gasteiger partial charge in [0.2, 0.25) is 5.91 Å². The number of rotatable bonds is 7. The Kier molecular flexibility index (Phi) is 9.13. The van der Waals surface area contributed by atoms with Crippen molar-refractivity contribution in [3.63, 3.8) is 0 Å². The highest BCUT2D eigenvalue weighted by molar-refractivity contribution is 7.60. The van der Waals surface area contributed by atoms with Crippen LogP contribution >= 0.6 is 19.5 Å². The third-order valence-corrected chi connectivity index (χ3v) is 8.41. The molecule has 0 spiro atoms. The largest absolute Gasteiger partial charge is 0.381 e. The maximum absolute atomic E-state index is 13.6. The van der Waals surface area contributed by atoms with Crippen LogP contribution in [0.3, 0.4) is 0 Å². The van der Waals surface area contributed by atoms with Gasteiger partial charge in [-0.3, -0.25) is 9.59 Å². The molecule has 0 saturated carbocycles. The summed E-state index contributed by atoms with van der Waals surface area (Å²) in [4.78, 5) is 30.5. The van der Waals surface area contributed by atoms with E-state index in [4.69, 9.17) is 17.4 Å². The lowest BCUT2D eigenvalue weighted by Gasteiger charge is -2.40. The number of nitrogens with two attached hydrogens (primary N) is 1. The average Bonchev–Trinajstić information content (AvgIpc) is 3.12. The second-order valence-electron chi connectivity index (χ2n) is 9.63. The van der Waals surface area contributed by atoms with Crippen molar-refractivity contribution in [2.24, 2.45) is 5.84 Å². The highest BCUT2D eigenvalue weighted by atomic mass is 35.5. The lowest BCUT2D eigenvalue weighted by atomic mass is 10.1. The van der Waals surface area contributed by atoms with Gasteiger partial charge in [-0.05, 0) is 57.8 Å². The van der Waals surface area contributed by atoms with Gasteiger partial charge in [-0.15, -0.1) is 0 Å². The molecule has 1 fully saturated rings. The van der Waals surface area contributed by atoms with E-state index < -0.39 is 6.29 Å². The Labute approximate surface area is 225 Å². The number of likely N-dealkylation sites (N-methyl/N-ethyl adjacent to an activating group) is 1. The van der Waals surface area contributed by atoms with Gasteiger partial charge in [0.05, 0.1) is 22.4 Å². The van der Waals surface area contributed by atoms with Gasteiger partial charge in [-0.25, -0.2) is 10.9 Å². The predicted molar refractivity (Wildman–Crippen MR) is 153 cm³/mol. The van der Waals surface area contributed by atoms with Crippen molar-refractivity contribution in [3.8, 4) is 0 Å². The van der Waals surface area contributed by atoms with Crippen molar-refractivity contribution < 1.29 is 9.59 Å². The first-order valence-corrected chi connectivity index (χ1v) is 15.3. The van der Waals surface area contributed by atoms with Gasteiger partial charge in [0.25, 0.3) is 5.91 Å². The number of hydrogen-bond acceptors (Lipinski definition) is 7. The van der Waals surface area contributed by atoms with Crippen LogP contribution in [0.15, 0.2) is 53.5 Å². The summed E-state index contributed by atoms with van der Waals surface area (Å²) in [5.74, 6) is 6.29. The van der Waals surface area contributed by atoms with E-state index in [9.17, 15) is 9.59 Å². The van der Waals surface area contributed by atoms with Crippen molar-refractivity contribution >= 4 is 42.7 Å². The van der Waals surface area contributed by atoms with Crippen LogP contribution in [0.5, 0.6) is 0 Å². The van der Waals surface area contributed by atoms with E-state index in [1.165, 1.54) is 5.01 Å². The zero-order valence-electron chi connectivity index (χ0n) is 21.7. The Morgan fingerprint density at radius 2 is 2.14 bits per heavy atom. The fourth-order valence-electron chi connectivity index (χ4n) is 4.96. The molecule has 1 aromatic rings. The molecule has 3 aliphatic rings. The monoisotopic (exact) mass is 545 g/mol. The summed E-state index contributed by atoms with van der Waals surface area (Å²) < 4.78 is 0. The topological polar surface area (TPSA) is 106 Å². The molecule has 0 aliphatic carbocycles. The van der Waals surface area contributed by atoms with Crippen molar-refractivity contribution in [2.45, 2.75) is 31.6 Å². The molecule has 11 heteroatoms. The molecule has 0 radical (unpaired) electrons. The first-order chi connectivity index (χ1) is 17.8. The average molecular weight is 546 g/mol. The van der Waals surface area contributed by atoms with Crippen LogP contribution in [0, 0.1) is 0 Å². The van der Waals surface area contributed by atoms with Crippen LogP contribution < -0.4 is 26.7 Å². The number of carbonyl (C=O) groups excluding carboxylic acids is 2. The molecule has 1 aromatic carbocycles. The third-order valence-electron chi connectivity index (χ3n) is 6.85. The molecule has 2 unspecified atom stereocenters. The van der Waals surface area contributed by atoms with Crippen LogP contribution in [0.1, 0.15) is 19.3 Å². The minimum Gasteiger partial charge on any atom is -0.381 e. The van der Waals surface area contributed by atoms with Gasteiger partial charge in [0, 0.05) is 43.3 Å². The number of para-hydroxylation sites is 1. The van der Waals surface area contributed by atoms with E-state index in [-0.39, 0.29) is 25.8 Å². The minimum absolute atomic E-state index is 0.0147. The van der Waals surface area contributed by atoms with Crippen LogP contribution in [0.2, 0.25) is 5.02 Å². The second-order valence-corrected chi connectivity index (χ2v) is 12.3. The molecule has 1 saturated heterocycles. The quantitative estimate of drug-likeness (QED) is 0.137. The SMILES string of the molecule is CNC/C=C/C(=O)N1CCCCC(N2c3c(Cl)cccc3NC2N(N)C(=O)C2=CCNC(P(C)C)=C2)C1. The molecule has 0 aromatic heterocycles. The zero-order chi connectivity index (χ0) is 26.5. The predicted octanol–water partition coefficient (Wildman–Crippen LogP) is 2.83. The molecule has 3 heterocycles. The van der Waals surface area contributed by atoms with Crippen molar-refractivity contribution in [1.29, 1.82) is 0 Å². The molecular weight excluding hydrogens is 509 g/mol. The van der Waals surface area contributed by atoms with Gasteiger partial charge in [-0.2, -0.15) is 0 Å². The van der Waals surface area contributed by atoms with Gasteiger partial charge >= 0.3 is 0 Å². The number of anilines is 2. The molecule has 3 aliphatic heterocycles. The Morgan fingerprint density at radius 1 is 1.32 bits per heavy atom. The number of carbonyl (C=O) groups is 2. The third kappa shape index (κ3) is 6.12. The second kappa shape index (κ2) is 12.3. The number of likely N-dealkylation sites (tertiary alicyclic amines) is 1. The van der Waals surface area contributed by atoms with Gasteiger partial charge in [-0.1, -0.05) is 37.7 Å². The van der Waals surface area contributed by atoms with E-state index in [0.717, 1.165) is 36.1 Å². The summed E-state index contributed by atoms with van der Waals surface area (Å²) in [5, 5.41) is 11.6. The van der Waals surface area contributed by atoms with Crippen LogP contribution in [-0.2, 0) is 9.59 Å². The van der Waals surface area contributed by atoms with Crippen LogP contribution in [0.4, 0.5) is 11.4 Å². The summed E-state index contributed by atoms with van der Waals surface area (Å²) in [6, 6.07) is 5.58. The standard InChI is InChI=1S/C26H37ClN7O2P/c1-29-13-7-11-23(35)32-15-5-4-8-19(17-32)33-24-20(27)9-6-10-21(24)31-26(33)34(28)25(36)18-12-14-30-22(16-18)37(2)3/h6-7,9-12,16,19,26,29-31H,4-5,8,13-15,17,28H2,1-3H3/b11-7+. The summed E-state index contributed by atoms with van der Waals surface area (Å²) in [5.41, 5.74) is 3.27. The Morgan fingerprint density at radius 3 is 2.89 bits per heavy atom. The van der Waals surface area contributed by atoms with Crippen molar-refractivity contribution in [3.05, 3.63) is 58.5 Å². The maximum Gasteiger partial charge on any atom is 0.271 e. The Balaban J connectivity index is 1.63. The lowest BCUT2D eigenvalue weighted by molar-refractivity contribution is -0.129. The number of hydrazine groups is 1. The highest BCUT2D eigenvalue weighted by Crippen LogP contribution is 2.43. The number of nitrogens with one attached hydrogen (secondary N) is 3. The minimum atomic E-state index is -0.639. The Bertz CT molecular complexity index is 1110. The number of halogens is 1. The maximum atomic E-state index is 13.6. The van der Waals surface area contributed by atoms with E-state index in [1.807, 2.05) is 48.4 Å². The fourth-order valence-corrected chi connectivity index (χ4v) is 6.04. The molecule has 4 rings (SSSR count). The van der Waals surface area contributed by atoms with E-state index in [0.29, 0.717) is 36.8 Å². The summed E-state index contributed by atoms with van der Waals surface area (Å²) in [7, 11) is 1.47. The molecular formula is C26H37ClN7O2P. The Hall–Kier alpha value is -2.58. The summed E-state index contributed by atoms with van der Waals surface area (Å²) >= 11 is 6.71. The molecule has 9 nitrogen and oxygen atoms in total. The smallest absolute Gasteiger partial charge is 0.271 e. The number of dihydropyridines is 1. The molecule has 2 amide bonds. The van der Waals surface area contributed by atoms with E-state index in [1.54, 1.807) is 6.08 Å². The lowest BCUT2D eigenvalue weighted by Crippen LogP contribution is -2.60. The first-order valence-electron chi connectivity index (χ1n) is 12.7. The number of benzene rings is 1. The highest BCUT2D eigenvalue weighted by Gasteiger charge is 2.41. The van der Waals surface area contributed by atoms with Crippen LogP contribution in [0.25, 0.3) is 0 Å². The van der Waals surface area contributed by atoms with Gasteiger partial charge in [0.15, 0.2) is 6.29 Å². The first kappa shape index (κ1) is 27.5. The van der Waals surface area contributed by atoms with Gasteiger partial charge in [0.1, 0.15) is 0 Å². The van der Waals surface area contributed by atoms with Crippen molar-refractivity contribution in [1.82, 2.24) is 20.5 Å². The molecule has 37 heavy (non-hydrogen) atoms. The molecule has 0 bridgehead atoms. The number of amides is 2. The number of fused-ring (bicyclic) bond motifs is 1. The fraction of sp³-hybridized carbons (Fsp3) is 0.462. The number of hydrogen-bond donors (Lipinski definition) is 4. The van der Waals surface area contributed by atoms with E-state index >= 15 is 0 Å².